The summed E-state index contributed by atoms with van der Waals surface area (Å²) in [6.07, 6.45) is 1.66. The van der Waals surface area contributed by atoms with Gasteiger partial charge in [0.05, 0.1) is 0 Å². The second-order valence-electron chi connectivity index (χ2n) is 22.2. The second kappa shape index (κ2) is 34.7. The van der Waals surface area contributed by atoms with Crippen LogP contribution in [0.4, 0.5) is 0 Å². The Morgan fingerprint density at radius 2 is 0.609 bits per heavy atom. The number of carbonyl (C=O) groups is 7. The molecule has 0 unspecified atom stereocenters. The van der Waals surface area contributed by atoms with Crippen LogP contribution in [0.3, 0.4) is 0 Å². The standard InChI is InChI=1S/C65H84N20O7/c66-62(67)74-33-15-29-46-56(87)81-48(31-17-35-76-64(70)71)58(89)83-50(37-43-38-78-45-28-14-13-27-44(43)45)59(90)84-54(52(41-23-9-3-10-24-41)42-25-11-4-12-26-42)61(92)85-53(51(39-19-5-1-6-20-39)40-21-7-2-8-22-40)60(91)82-49(32-18-36-77-65(72)73)57(88)80-47(55(86)79-46)30-16-34-75-63(68)69/h1-14,19-28,38,46-54,78H,15-18,29-37H2,(H,79,86)(H,80,88)(H,81,87)(H,82,91)(H,83,89)(H,84,90)(H,85,92)(H4,66,67,74)(H4,68,69,75)(H4,70,71,76)(H4,72,73,77)/t46-,47-,48-,49-,50-,53-,54-/m0/s1. The van der Waals surface area contributed by atoms with Gasteiger partial charge in [-0.05, 0) is 85.3 Å². The van der Waals surface area contributed by atoms with Crippen molar-refractivity contribution in [2.75, 3.05) is 26.2 Å². The summed E-state index contributed by atoms with van der Waals surface area (Å²) in [6.45, 7) is 0.102. The Balaban J connectivity index is 1.46. The number of para-hydroxylation sites is 1. The van der Waals surface area contributed by atoms with Crippen LogP contribution in [0.5, 0.6) is 0 Å². The Morgan fingerprint density at radius 1 is 0.337 bits per heavy atom. The van der Waals surface area contributed by atoms with Gasteiger partial charge in [0.1, 0.15) is 42.3 Å². The Kier molecular flexibility index (Phi) is 25.8. The molecule has 7 amide bonds. The molecule has 0 spiro atoms. The van der Waals surface area contributed by atoms with E-state index in [0.29, 0.717) is 27.8 Å². The number of nitrogens with two attached hydrogens (primary N) is 8. The van der Waals surface area contributed by atoms with Gasteiger partial charge in [0.2, 0.25) is 41.4 Å². The lowest BCUT2D eigenvalue weighted by molar-refractivity contribution is -0.135. The minimum Gasteiger partial charge on any atom is -0.370 e. The molecule has 7 atom stereocenters. The van der Waals surface area contributed by atoms with Crippen LogP contribution < -0.4 is 83.1 Å². The lowest BCUT2D eigenvalue weighted by atomic mass is 9.82. The zero-order valence-corrected chi connectivity index (χ0v) is 51.1. The average molecular weight is 1260 g/mol. The minimum atomic E-state index is -1.57. The van der Waals surface area contributed by atoms with Gasteiger partial charge in [0.15, 0.2) is 23.8 Å². The summed E-state index contributed by atoms with van der Waals surface area (Å²) in [5, 5.41) is 21.2. The van der Waals surface area contributed by atoms with Crippen LogP contribution in [-0.4, -0.2) is 139 Å². The fourth-order valence-corrected chi connectivity index (χ4v) is 11.1. The van der Waals surface area contributed by atoms with Crippen LogP contribution in [0.2, 0.25) is 0 Å². The number of nitrogens with zero attached hydrogens (tertiary/aromatic N) is 4. The van der Waals surface area contributed by atoms with E-state index in [-0.39, 0.29) is 108 Å². The fraction of sp³-hybridized carbons (Fsp3) is 0.338. The summed E-state index contributed by atoms with van der Waals surface area (Å²) in [4.78, 5) is 128. The molecule has 27 heteroatoms. The predicted octanol–water partition coefficient (Wildman–Crippen LogP) is -0.00380. The number of aromatic nitrogens is 1. The fourth-order valence-electron chi connectivity index (χ4n) is 11.1. The maximum atomic E-state index is 16.3. The largest absolute Gasteiger partial charge is 0.370 e. The van der Waals surface area contributed by atoms with E-state index in [0.717, 1.165) is 10.9 Å². The third kappa shape index (κ3) is 20.5. The van der Waals surface area contributed by atoms with Crippen LogP contribution >= 0.6 is 0 Å². The number of guanidine groups is 4. The van der Waals surface area contributed by atoms with E-state index in [4.69, 9.17) is 45.9 Å². The molecule has 24 N–H and O–H groups in total. The molecule has 2 heterocycles. The number of aliphatic imine (C=N–C) groups is 4. The summed E-state index contributed by atoms with van der Waals surface area (Å²) >= 11 is 0. The first-order chi connectivity index (χ1) is 44.4. The highest BCUT2D eigenvalue weighted by atomic mass is 16.2. The Morgan fingerprint density at radius 3 is 0.946 bits per heavy atom. The van der Waals surface area contributed by atoms with Crippen molar-refractivity contribution >= 4 is 76.1 Å². The van der Waals surface area contributed by atoms with Crippen LogP contribution in [0, 0.1) is 0 Å². The van der Waals surface area contributed by atoms with Gasteiger partial charge in [-0.25, -0.2) is 0 Å². The molecule has 5 aromatic carbocycles. The normalized spacial score (nSPS) is 19.5. The smallest absolute Gasteiger partial charge is 0.244 e. The van der Waals surface area contributed by atoms with Crippen LogP contribution in [-0.2, 0) is 40.0 Å². The lowest BCUT2D eigenvalue weighted by Crippen LogP contribution is -2.61. The molecule has 0 bridgehead atoms. The molecule has 486 valence electrons. The van der Waals surface area contributed by atoms with Crippen LogP contribution in [0.1, 0.15) is 91.0 Å². The molecule has 0 saturated carbocycles. The molecule has 1 aromatic heterocycles. The highest BCUT2D eigenvalue weighted by Gasteiger charge is 2.41. The van der Waals surface area contributed by atoms with Gasteiger partial charge in [0, 0.05) is 61.5 Å². The summed E-state index contributed by atoms with van der Waals surface area (Å²) in [6, 6.07) is 33.0. The number of hydrogen-bond acceptors (Lipinski definition) is 11. The van der Waals surface area contributed by atoms with Crippen molar-refractivity contribution in [2.45, 2.75) is 112 Å². The average Bonchev–Trinajstić information content (AvgIpc) is 0.892. The van der Waals surface area contributed by atoms with Gasteiger partial charge < -0.3 is 88.1 Å². The van der Waals surface area contributed by atoms with Crippen LogP contribution in [0.25, 0.3) is 10.9 Å². The molecule has 92 heavy (non-hydrogen) atoms. The molecule has 1 aliphatic heterocycles. The monoisotopic (exact) mass is 1260 g/mol. The van der Waals surface area contributed by atoms with Gasteiger partial charge in [-0.2, -0.15) is 0 Å². The first-order valence-electron chi connectivity index (χ1n) is 30.5. The molecular formula is C65H84N20O7. The van der Waals surface area contributed by atoms with E-state index < -0.39 is 95.5 Å². The number of hydrogen-bond donors (Lipinski definition) is 16. The summed E-state index contributed by atoms with van der Waals surface area (Å²) in [5.74, 6) is -8.69. The number of carbonyl (C=O) groups excluding carboxylic acids is 7. The van der Waals surface area contributed by atoms with Crippen molar-refractivity contribution in [1.29, 1.82) is 0 Å². The lowest BCUT2D eigenvalue weighted by Gasteiger charge is -2.34. The number of H-pyrrole nitrogens is 1. The summed E-state index contributed by atoms with van der Waals surface area (Å²) in [7, 11) is 0. The quantitative estimate of drug-likeness (QED) is 0.0215. The van der Waals surface area contributed by atoms with E-state index in [2.05, 4.69) is 62.2 Å². The van der Waals surface area contributed by atoms with Gasteiger partial charge in [-0.1, -0.05) is 140 Å². The SMILES string of the molecule is NC(N)=NCCC[C@@H]1NC(=O)[C@H](CCCN=C(N)N)NC(=O)[C@H](CCCN=C(N)N)NC(=O)[C@H](C(c2ccccc2)c2ccccc2)NC(=O)[C@H](C(c2ccccc2)c2ccccc2)NC(=O)[C@H](Cc2c[nH]c3ccccc23)NC(=O)[C@H](CCCN=C(N)N)NC1=O. The Hall–Kier alpha value is -11.0. The number of benzene rings is 5. The number of nitrogens with one attached hydrogen (secondary N) is 8. The third-order valence-corrected chi connectivity index (χ3v) is 15.5. The zero-order chi connectivity index (χ0) is 65.9. The Bertz CT molecular complexity index is 3460. The Labute approximate surface area is 533 Å². The third-order valence-electron chi connectivity index (χ3n) is 15.5. The van der Waals surface area contributed by atoms with Crippen molar-refractivity contribution in [3.63, 3.8) is 0 Å². The second-order valence-corrected chi connectivity index (χ2v) is 22.2. The highest BCUT2D eigenvalue weighted by Crippen LogP contribution is 2.32. The highest BCUT2D eigenvalue weighted by molar-refractivity contribution is 6.00. The molecule has 0 radical (unpaired) electrons. The van der Waals surface area contributed by atoms with E-state index in [1.165, 1.54) is 0 Å². The molecular weight excluding hydrogens is 1170 g/mol. The van der Waals surface area contributed by atoms with Crippen molar-refractivity contribution in [3.8, 4) is 0 Å². The van der Waals surface area contributed by atoms with Crippen LogP contribution in [0.15, 0.2) is 172 Å². The molecule has 1 aliphatic rings. The van der Waals surface area contributed by atoms with Gasteiger partial charge >= 0.3 is 0 Å². The van der Waals surface area contributed by atoms with E-state index >= 15 is 24.0 Å². The molecule has 7 rings (SSSR count). The number of aromatic amines is 1. The van der Waals surface area contributed by atoms with Crippen molar-refractivity contribution in [2.24, 2.45) is 65.8 Å². The molecule has 6 aromatic rings. The first kappa shape index (κ1) is 68.5. The molecule has 0 aliphatic carbocycles. The summed E-state index contributed by atoms with van der Waals surface area (Å²) < 4.78 is 0. The topological polar surface area (TPSA) is 477 Å². The minimum absolute atomic E-state index is 0.0214. The van der Waals surface area contributed by atoms with Gasteiger partial charge in [0.25, 0.3) is 0 Å². The number of amides is 7. The number of fused-ring (bicyclic) bond motifs is 1. The maximum Gasteiger partial charge on any atom is 0.244 e. The van der Waals surface area contributed by atoms with E-state index in [1.54, 1.807) is 91.1 Å². The van der Waals surface area contributed by atoms with Gasteiger partial charge in [-0.15, -0.1) is 0 Å². The van der Waals surface area contributed by atoms with E-state index in [1.807, 2.05) is 60.7 Å². The molecule has 1 fully saturated rings. The number of rotatable bonds is 24. The maximum absolute atomic E-state index is 16.3. The summed E-state index contributed by atoms with van der Waals surface area (Å²) in [5.41, 5.74) is 49.2. The van der Waals surface area contributed by atoms with E-state index in [9.17, 15) is 9.59 Å². The first-order valence-corrected chi connectivity index (χ1v) is 30.5. The molecule has 1 saturated heterocycles. The predicted molar refractivity (Wildman–Crippen MR) is 355 cm³/mol. The van der Waals surface area contributed by atoms with Gasteiger partial charge in [-0.3, -0.25) is 53.5 Å². The van der Waals surface area contributed by atoms with Crippen molar-refractivity contribution < 1.29 is 33.6 Å². The zero-order valence-electron chi connectivity index (χ0n) is 51.1. The van der Waals surface area contributed by atoms with Crippen molar-refractivity contribution in [3.05, 3.63) is 180 Å². The molecule has 27 nitrogen and oxygen atoms in total. The van der Waals surface area contributed by atoms with Crippen molar-refractivity contribution in [1.82, 2.24) is 42.2 Å².